The maximum atomic E-state index is 11.1. The van der Waals surface area contributed by atoms with Gasteiger partial charge in [0.15, 0.2) is 0 Å². The maximum absolute atomic E-state index is 11.1. The molecule has 2 N–H and O–H groups in total. The van der Waals surface area contributed by atoms with Gasteiger partial charge >= 0.3 is 0 Å². The van der Waals surface area contributed by atoms with Gasteiger partial charge in [-0.05, 0) is 6.20 Å². The van der Waals surface area contributed by atoms with Crippen molar-refractivity contribution >= 4 is 23.6 Å². The van der Waals surface area contributed by atoms with E-state index in [0.29, 0.717) is 16.5 Å². The molecule has 0 aromatic carbocycles. The molecule has 0 fully saturated rings. The summed E-state index contributed by atoms with van der Waals surface area (Å²) in [6, 6.07) is 0. The molecule has 13 heavy (non-hydrogen) atoms. The van der Waals surface area contributed by atoms with Crippen LogP contribution >= 0.6 is 11.8 Å². The van der Waals surface area contributed by atoms with E-state index >= 15 is 0 Å². The number of hydrogen-bond acceptors (Lipinski definition) is 4. The van der Waals surface area contributed by atoms with Gasteiger partial charge in [0.1, 0.15) is 0 Å². The predicted molar refractivity (Wildman–Crippen MR) is 44.2 cm³/mol. The zero-order chi connectivity index (χ0) is 8.55. The Hall–Kier alpha value is -0.612. The molecule has 0 spiro atoms. The number of thioether (sulfide) groups is 1. The molecule has 0 unspecified atom stereocenters. The van der Waals surface area contributed by atoms with Gasteiger partial charge in [-0.2, -0.15) is 0 Å². The van der Waals surface area contributed by atoms with E-state index in [9.17, 15) is 4.79 Å². The van der Waals surface area contributed by atoms with Crippen molar-refractivity contribution in [1.82, 2.24) is 15.3 Å². The summed E-state index contributed by atoms with van der Waals surface area (Å²) < 4.78 is 0. The number of carbonyl (C=O) groups excluding carboxylic acids is 1. The van der Waals surface area contributed by atoms with Crippen LogP contribution in [-0.2, 0) is 21.1 Å². The molecule has 68 valence electrons. The molecule has 0 atom stereocenters. The van der Waals surface area contributed by atoms with Crippen molar-refractivity contribution in [2.75, 3.05) is 5.88 Å². The maximum Gasteiger partial charge on any atom is 0.253 e. The molecule has 1 aliphatic rings. The number of carbonyl (C=O) groups is 1. The van der Waals surface area contributed by atoms with E-state index in [1.165, 1.54) is 18.0 Å². The summed E-state index contributed by atoms with van der Waals surface area (Å²) in [4.78, 5) is 18.6. The van der Waals surface area contributed by atoms with Crippen molar-refractivity contribution in [2.24, 2.45) is 0 Å². The molecule has 1 aromatic rings. The van der Waals surface area contributed by atoms with Crippen molar-refractivity contribution in [1.29, 1.82) is 0 Å². The number of hydrogen-bond donors (Lipinski definition) is 1. The summed E-state index contributed by atoms with van der Waals surface area (Å²) in [6.45, 7) is 0. The number of nitrogens with one attached hydrogen (secondary N) is 2. The van der Waals surface area contributed by atoms with Crippen LogP contribution in [0, 0.1) is 0 Å². The van der Waals surface area contributed by atoms with E-state index in [4.69, 9.17) is 5.73 Å². The topological polar surface area (TPSA) is 78.7 Å². The van der Waals surface area contributed by atoms with Crippen LogP contribution in [0.3, 0.4) is 0 Å². The third-order valence-electron chi connectivity index (χ3n) is 1.44. The molecular formula is C6H5N4OSW-. The van der Waals surface area contributed by atoms with E-state index in [-0.39, 0.29) is 32.9 Å². The zero-order valence-electron chi connectivity index (χ0n) is 6.40. The van der Waals surface area contributed by atoms with Crippen molar-refractivity contribution in [3.8, 4) is 0 Å². The van der Waals surface area contributed by atoms with Gasteiger partial charge in [-0.1, -0.05) is 0 Å². The Morgan fingerprint density at radius 1 is 1.62 bits per heavy atom. The van der Waals surface area contributed by atoms with E-state index in [0.717, 1.165) is 0 Å². The number of fused-ring (bicyclic) bond motifs is 1. The normalized spacial score (nSPS) is 14.0. The van der Waals surface area contributed by atoms with Crippen LogP contribution in [0.15, 0.2) is 11.2 Å². The molecule has 0 saturated heterocycles. The van der Waals surface area contributed by atoms with Gasteiger partial charge in [-0.3, -0.25) is 4.79 Å². The van der Waals surface area contributed by atoms with Crippen molar-refractivity contribution < 1.29 is 25.9 Å². The van der Waals surface area contributed by atoms with Crippen LogP contribution < -0.4 is 5.32 Å². The smallest absolute Gasteiger partial charge is 0.253 e. The van der Waals surface area contributed by atoms with Gasteiger partial charge in [-0.15, -0.1) is 11.8 Å². The molecular weight excluding hydrogens is 360 g/mol. The van der Waals surface area contributed by atoms with E-state index < -0.39 is 0 Å². The molecule has 1 amide bonds. The second-order valence-corrected chi connectivity index (χ2v) is 3.17. The minimum Gasteiger partial charge on any atom is -0.410 e. The first-order valence-electron chi connectivity index (χ1n) is 3.27. The average Bonchev–Trinajstić information content (AvgIpc) is 2.04. The molecule has 1 aromatic heterocycles. The second-order valence-electron chi connectivity index (χ2n) is 2.21. The molecule has 2 heterocycles. The Bertz CT molecular complexity index is 345. The summed E-state index contributed by atoms with van der Waals surface area (Å²) >= 11 is 1.40. The second kappa shape index (κ2) is 4.06. The predicted octanol–water partition coefficient (Wildman–Crippen LogP) is 0.951. The summed E-state index contributed by atoms with van der Waals surface area (Å²) in [6.07, 6.45) is 1.38. The minimum atomic E-state index is -0.163. The minimum absolute atomic E-state index is 0. The fourth-order valence-corrected chi connectivity index (χ4v) is 1.69. The Labute approximate surface area is 93.2 Å². The van der Waals surface area contributed by atoms with Gasteiger partial charge in [0.25, 0.3) is 5.91 Å². The van der Waals surface area contributed by atoms with Gasteiger partial charge in [0.05, 0.1) is 11.4 Å². The molecule has 5 nitrogen and oxygen atoms in total. The van der Waals surface area contributed by atoms with Gasteiger partial charge in [0, 0.05) is 32.0 Å². The molecule has 7 heteroatoms. The molecule has 0 bridgehead atoms. The first kappa shape index (κ1) is 10.5. The molecule has 0 aliphatic carbocycles. The Kier molecular flexibility index (Phi) is 3.27. The number of aromatic nitrogens is 2. The fraction of sp³-hybridized carbons (Fsp3) is 0.167. The average molecular weight is 365 g/mol. The summed E-state index contributed by atoms with van der Waals surface area (Å²) in [5, 5.41) is 3.24. The number of rotatable bonds is 0. The quantitative estimate of drug-likeness (QED) is 0.695. The Morgan fingerprint density at radius 3 is 3.15 bits per heavy atom. The Balaban J connectivity index is 0.000000845. The summed E-state index contributed by atoms with van der Waals surface area (Å²) in [5.41, 5.74) is 7.59. The van der Waals surface area contributed by atoms with Crippen LogP contribution in [0.1, 0.15) is 10.4 Å². The summed E-state index contributed by atoms with van der Waals surface area (Å²) in [5.74, 6) is 0.308. The molecule has 1 aliphatic heterocycles. The van der Waals surface area contributed by atoms with Gasteiger partial charge < -0.3 is 21.0 Å². The standard InChI is InChI=1S/C6H6N4OS.W/c7-6-8-1-3-4(11)9-2-12-5(3)10-6;/h1H,2H2,(H3,7,8,9,10,11);/p-1. The third-order valence-corrected chi connectivity index (χ3v) is 2.31. The number of amides is 1. The van der Waals surface area contributed by atoms with Crippen LogP contribution in [-0.4, -0.2) is 21.8 Å². The van der Waals surface area contributed by atoms with Crippen LogP contribution in [0.4, 0.5) is 5.95 Å². The first-order valence-corrected chi connectivity index (χ1v) is 4.25. The van der Waals surface area contributed by atoms with E-state index in [1.807, 2.05) is 0 Å². The van der Waals surface area contributed by atoms with Crippen molar-refractivity contribution in [2.45, 2.75) is 5.03 Å². The van der Waals surface area contributed by atoms with Crippen molar-refractivity contribution in [3.05, 3.63) is 17.5 Å². The molecule has 2 rings (SSSR count). The van der Waals surface area contributed by atoms with Crippen LogP contribution in [0.2, 0.25) is 0 Å². The number of nitrogens with zero attached hydrogens (tertiary/aromatic N) is 2. The Morgan fingerprint density at radius 2 is 2.38 bits per heavy atom. The largest absolute Gasteiger partial charge is 0.410 e. The van der Waals surface area contributed by atoms with Crippen molar-refractivity contribution in [3.63, 3.8) is 0 Å². The molecule has 0 saturated carbocycles. The zero-order valence-corrected chi connectivity index (χ0v) is 10.2. The van der Waals surface area contributed by atoms with Gasteiger partial charge in [-0.25, -0.2) is 0 Å². The SMILES string of the molecule is [NH-]c1ncc2c(n1)SCNC2=O.[W]. The van der Waals surface area contributed by atoms with Crippen LogP contribution in [0.25, 0.3) is 5.73 Å². The van der Waals surface area contributed by atoms with E-state index in [1.54, 1.807) is 0 Å². The summed E-state index contributed by atoms with van der Waals surface area (Å²) in [7, 11) is 0. The monoisotopic (exact) mass is 365 g/mol. The fourth-order valence-electron chi connectivity index (χ4n) is 0.897. The molecule has 0 radical (unpaired) electrons. The van der Waals surface area contributed by atoms with Crippen LogP contribution in [0.5, 0.6) is 0 Å². The van der Waals surface area contributed by atoms with Gasteiger partial charge in [0.2, 0.25) is 0 Å². The first-order chi connectivity index (χ1) is 5.77. The third kappa shape index (κ3) is 2.00. The van der Waals surface area contributed by atoms with E-state index in [2.05, 4.69) is 15.3 Å².